The summed E-state index contributed by atoms with van der Waals surface area (Å²) in [4.78, 5) is 27.6. The number of carbonyl (C=O) groups is 1. The Morgan fingerprint density at radius 3 is 2.93 bits per heavy atom. The highest BCUT2D eigenvalue weighted by Gasteiger charge is 2.30. The molecule has 5 heteroatoms. The van der Waals surface area contributed by atoms with Crippen LogP contribution in [0.15, 0.2) is 23.3 Å². The average Bonchev–Trinajstić information content (AvgIpc) is 2.60. The minimum absolute atomic E-state index is 0.0242. The highest BCUT2D eigenvalue weighted by Crippen LogP contribution is 2.23. The molecule has 0 radical (unpaired) electrons. The molecule has 0 aromatic carbocycles. The predicted molar refractivity (Wildman–Crippen MR) is 61.3 cm³/mol. The van der Waals surface area contributed by atoms with Crippen LogP contribution in [0.25, 0.3) is 0 Å². The molecule has 80 valence electrons. The third-order valence-electron chi connectivity index (χ3n) is 2.52. The van der Waals surface area contributed by atoms with Gasteiger partial charge in [0.2, 0.25) is 11.3 Å². The number of H-pyrrole nitrogens is 1. The lowest BCUT2D eigenvalue weighted by atomic mass is 10.2. The Hall–Kier alpha value is -1.10. The zero-order valence-corrected chi connectivity index (χ0v) is 9.66. The van der Waals surface area contributed by atoms with E-state index in [2.05, 4.69) is 20.9 Å². The maximum atomic E-state index is 11.6. The number of hydrogen-bond donors (Lipinski definition) is 1. The first-order chi connectivity index (χ1) is 7.22. The summed E-state index contributed by atoms with van der Waals surface area (Å²) in [7, 11) is 0. The van der Waals surface area contributed by atoms with Gasteiger partial charge in [0, 0.05) is 36.8 Å². The molecule has 1 aliphatic heterocycles. The van der Waals surface area contributed by atoms with Gasteiger partial charge in [0.25, 0.3) is 0 Å². The van der Waals surface area contributed by atoms with E-state index < -0.39 is 0 Å². The zero-order chi connectivity index (χ0) is 10.8. The normalized spacial score (nSPS) is 21.0. The lowest BCUT2D eigenvalue weighted by molar-refractivity contribution is -0.117. The molecule has 1 aromatic rings. The maximum absolute atomic E-state index is 11.6. The molecule has 0 saturated carbocycles. The van der Waals surface area contributed by atoms with E-state index in [0.29, 0.717) is 24.6 Å². The SMILES string of the molecule is O=C1CC(CBr)CN1c1c[nH]ccc1=O. The lowest BCUT2D eigenvalue weighted by Gasteiger charge is -2.14. The fraction of sp³-hybridized carbons (Fsp3) is 0.400. The number of alkyl halides is 1. The predicted octanol–water partition coefficient (Wildman–Crippen LogP) is 1.12. The van der Waals surface area contributed by atoms with Gasteiger partial charge in [-0.15, -0.1) is 0 Å². The Labute approximate surface area is 95.4 Å². The van der Waals surface area contributed by atoms with Gasteiger partial charge >= 0.3 is 0 Å². The highest BCUT2D eigenvalue weighted by molar-refractivity contribution is 9.09. The first kappa shape index (κ1) is 10.4. The van der Waals surface area contributed by atoms with Crippen molar-refractivity contribution in [2.45, 2.75) is 6.42 Å². The second-order valence-corrected chi connectivity index (χ2v) is 4.27. The van der Waals surface area contributed by atoms with Gasteiger partial charge in [-0.2, -0.15) is 0 Å². The fourth-order valence-corrected chi connectivity index (χ4v) is 2.17. The molecule has 1 aliphatic rings. The van der Waals surface area contributed by atoms with E-state index in [1.54, 1.807) is 17.3 Å². The number of aromatic nitrogens is 1. The third-order valence-corrected chi connectivity index (χ3v) is 3.43. The number of aromatic amines is 1. The Morgan fingerprint density at radius 1 is 1.53 bits per heavy atom. The molecule has 1 saturated heterocycles. The summed E-state index contributed by atoms with van der Waals surface area (Å²) in [6.07, 6.45) is 3.66. The summed E-state index contributed by atoms with van der Waals surface area (Å²) in [6.45, 7) is 0.622. The Kier molecular flexibility index (Phi) is 2.90. The van der Waals surface area contributed by atoms with Crippen molar-refractivity contribution in [1.29, 1.82) is 0 Å². The van der Waals surface area contributed by atoms with E-state index >= 15 is 0 Å². The van der Waals surface area contributed by atoms with Crippen molar-refractivity contribution in [3.63, 3.8) is 0 Å². The summed E-state index contributed by atoms with van der Waals surface area (Å²) >= 11 is 3.36. The molecular weight excluding hydrogens is 260 g/mol. The van der Waals surface area contributed by atoms with Crippen molar-refractivity contribution < 1.29 is 4.79 Å². The molecule has 0 spiro atoms. The minimum atomic E-state index is -0.114. The van der Waals surface area contributed by atoms with Gasteiger partial charge in [-0.1, -0.05) is 15.9 Å². The number of anilines is 1. The van der Waals surface area contributed by atoms with Crippen molar-refractivity contribution in [1.82, 2.24) is 4.98 Å². The largest absolute Gasteiger partial charge is 0.366 e. The molecule has 15 heavy (non-hydrogen) atoms. The van der Waals surface area contributed by atoms with Crippen LogP contribution in [-0.2, 0) is 4.79 Å². The number of carbonyl (C=O) groups excluding carboxylic acids is 1. The quantitative estimate of drug-likeness (QED) is 0.819. The van der Waals surface area contributed by atoms with Gasteiger partial charge < -0.3 is 9.88 Å². The molecule has 1 atom stereocenters. The van der Waals surface area contributed by atoms with E-state index in [1.807, 2.05) is 0 Å². The van der Waals surface area contributed by atoms with Crippen molar-refractivity contribution in [2.75, 3.05) is 16.8 Å². The number of hydrogen-bond acceptors (Lipinski definition) is 2. The van der Waals surface area contributed by atoms with E-state index in [-0.39, 0.29) is 11.3 Å². The molecule has 1 unspecified atom stereocenters. The first-order valence-electron chi connectivity index (χ1n) is 4.76. The van der Waals surface area contributed by atoms with Crippen molar-refractivity contribution in [3.05, 3.63) is 28.7 Å². The van der Waals surface area contributed by atoms with Crippen LogP contribution in [0.1, 0.15) is 6.42 Å². The Balaban J connectivity index is 2.29. The van der Waals surface area contributed by atoms with Crippen molar-refractivity contribution in [2.24, 2.45) is 5.92 Å². The monoisotopic (exact) mass is 270 g/mol. The van der Waals surface area contributed by atoms with Crippen LogP contribution in [0.2, 0.25) is 0 Å². The molecule has 4 nitrogen and oxygen atoms in total. The van der Waals surface area contributed by atoms with Gasteiger partial charge in [-0.3, -0.25) is 9.59 Å². The molecule has 0 aliphatic carbocycles. The molecule has 2 rings (SSSR count). The van der Waals surface area contributed by atoms with E-state index in [9.17, 15) is 9.59 Å². The molecule has 1 amide bonds. The second-order valence-electron chi connectivity index (χ2n) is 3.62. The standard InChI is InChI=1S/C10H11BrN2O2/c11-4-7-3-10(15)13(6-7)8-5-12-2-1-9(8)14/h1-2,5,7H,3-4,6H2,(H,12,14). The number of nitrogens with zero attached hydrogens (tertiary/aromatic N) is 1. The zero-order valence-electron chi connectivity index (χ0n) is 8.07. The second kappa shape index (κ2) is 4.18. The molecule has 2 heterocycles. The number of nitrogens with one attached hydrogen (secondary N) is 1. The van der Waals surface area contributed by atoms with Gasteiger partial charge in [-0.25, -0.2) is 0 Å². The summed E-state index contributed by atoms with van der Waals surface area (Å²) in [6, 6.07) is 1.43. The fourth-order valence-electron chi connectivity index (χ4n) is 1.74. The average molecular weight is 271 g/mol. The van der Waals surface area contributed by atoms with E-state index in [1.165, 1.54) is 6.07 Å². The number of halogens is 1. The van der Waals surface area contributed by atoms with Gasteiger partial charge in [-0.05, 0) is 5.92 Å². The Morgan fingerprint density at radius 2 is 2.33 bits per heavy atom. The molecular formula is C10H11BrN2O2. The molecule has 1 N–H and O–H groups in total. The molecule has 1 aromatic heterocycles. The van der Waals surface area contributed by atoms with Crippen LogP contribution in [0, 0.1) is 5.92 Å². The van der Waals surface area contributed by atoms with Gasteiger partial charge in [0.15, 0.2) is 0 Å². The third kappa shape index (κ3) is 1.97. The minimum Gasteiger partial charge on any atom is -0.366 e. The Bertz CT molecular complexity index is 429. The van der Waals surface area contributed by atoms with Gasteiger partial charge in [0.05, 0.1) is 0 Å². The van der Waals surface area contributed by atoms with Crippen LogP contribution in [0.5, 0.6) is 0 Å². The van der Waals surface area contributed by atoms with Crippen LogP contribution in [0.4, 0.5) is 5.69 Å². The van der Waals surface area contributed by atoms with Crippen molar-refractivity contribution >= 4 is 27.5 Å². The van der Waals surface area contributed by atoms with E-state index in [0.717, 1.165) is 5.33 Å². The number of rotatable bonds is 2. The van der Waals surface area contributed by atoms with Crippen LogP contribution in [0.3, 0.4) is 0 Å². The van der Waals surface area contributed by atoms with Gasteiger partial charge in [0.1, 0.15) is 5.69 Å². The van der Waals surface area contributed by atoms with Crippen LogP contribution >= 0.6 is 15.9 Å². The topological polar surface area (TPSA) is 53.2 Å². The highest BCUT2D eigenvalue weighted by atomic mass is 79.9. The number of amides is 1. The van der Waals surface area contributed by atoms with Crippen molar-refractivity contribution in [3.8, 4) is 0 Å². The van der Waals surface area contributed by atoms with Crippen LogP contribution in [-0.4, -0.2) is 22.8 Å². The lowest BCUT2D eigenvalue weighted by Crippen LogP contribution is -2.29. The summed E-state index contributed by atoms with van der Waals surface area (Å²) < 4.78 is 0. The first-order valence-corrected chi connectivity index (χ1v) is 5.88. The maximum Gasteiger partial charge on any atom is 0.227 e. The summed E-state index contributed by atoms with van der Waals surface area (Å²) in [5.41, 5.74) is 0.336. The summed E-state index contributed by atoms with van der Waals surface area (Å²) in [5.74, 6) is 0.327. The molecule has 1 fully saturated rings. The summed E-state index contributed by atoms with van der Waals surface area (Å²) in [5, 5.41) is 0.792. The van der Waals surface area contributed by atoms with E-state index in [4.69, 9.17) is 0 Å². The number of pyridine rings is 1. The van der Waals surface area contributed by atoms with Crippen LogP contribution < -0.4 is 10.3 Å². The molecule has 0 bridgehead atoms. The smallest absolute Gasteiger partial charge is 0.227 e.